The van der Waals surface area contributed by atoms with Gasteiger partial charge in [0.05, 0.1) is 13.2 Å². The van der Waals surface area contributed by atoms with Crippen molar-refractivity contribution in [2.45, 2.75) is 26.4 Å². The summed E-state index contributed by atoms with van der Waals surface area (Å²) in [6.45, 7) is 7.11. The first kappa shape index (κ1) is 19.4. The maximum Gasteiger partial charge on any atom is 0.258 e. The molecule has 0 aliphatic carbocycles. The summed E-state index contributed by atoms with van der Waals surface area (Å²) < 4.78 is 10.9. The Morgan fingerprint density at radius 2 is 1.81 bits per heavy atom. The van der Waals surface area contributed by atoms with Gasteiger partial charge in [0.15, 0.2) is 6.61 Å². The highest BCUT2D eigenvalue weighted by molar-refractivity contribution is 5.77. The van der Waals surface area contributed by atoms with E-state index in [1.165, 1.54) is 11.1 Å². The van der Waals surface area contributed by atoms with Crippen molar-refractivity contribution >= 4 is 5.91 Å². The second kappa shape index (κ2) is 10.1. The lowest BCUT2D eigenvalue weighted by Gasteiger charge is -2.26. The van der Waals surface area contributed by atoms with Gasteiger partial charge in [-0.25, -0.2) is 0 Å². The molecule has 1 saturated heterocycles. The fourth-order valence-electron chi connectivity index (χ4n) is 3.08. The third-order valence-corrected chi connectivity index (χ3v) is 4.69. The number of morpholine rings is 1. The highest BCUT2D eigenvalue weighted by Crippen LogP contribution is 2.13. The molecule has 144 valence electrons. The quantitative estimate of drug-likeness (QED) is 0.778. The van der Waals surface area contributed by atoms with E-state index < -0.39 is 0 Å². The van der Waals surface area contributed by atoms with Gasteiger partial charge in [0.25, 0.3) is 5.91 Å². The Labute approximate surface area is 161 Å². The molecule has 5 heteroatoms. The van der Waals surface area contributed by atoms with Crippen LogP contribution >= 0.6 is 0 Å². The maximum absolute atomic E-state index is 12.1. The molecule has 2 aromatic carbocycles. The number of hydrogen-bond acceptors (Lipinski definition) is 4. The summed E-state index contributed by atoms with van der Waals surface area (Å²) in [6.07, 6.45) is 0.991. The SMILES string of the molecule is CCc1ccc(OCC(=O)NCc2cccc(CN3CCOCC3)c2)cc1. The van der Waals surface area contributed by atoms with Crippen LogP contribution in [0.3, 0.4) is 0 Å². The summed E-state index contributed by atoms with van der Waals surface area (Å²) in [5, 5.41) is 2.93. The number of nitrogens with zero attached hydrogens (tertiary/aromatic N) is 1. The molecule has 0 bridgehead atoms. The van der Waals surface area contributed by atoms with Crippen molar-refractivity contribution in [3.8, 4) is 5.75 Å². The summed E-state index contributed by atoms with van der Waals surface area (Å²) in [6, 6.07) is 16.2. The molecule has 0 unspecified atom stereocenters. The van der Waals surface area contributed by atoms with E-state index in [9.17, 15) is 4.79 Å². The Morgan fingerprint density at radius 3 is 2.56 bits per heavy atom. The fraction of sp³-hybridized carbons (Fsp3) is 0.409. The van der Waals surface area contributed by atoms with Crippen LogP contribution in [0.15, 0.2) is 48.5 Å². The molecule has 27 heavy (non-hydrogen) atoms. The number of ether oxygens (including phenoxy) is 2. The van der Waals surface area contributed by atoms with Gasteiger partial charge in [-0.2, -0.15) is 0 Å². The van der Waals surface area contributed by atoms with Gasteiger partial charge < -0.3 is 14.8 Å². The largest absolute Gasteiger partial charge is 0.484 e. The smallest absolute Gasteiger partial charge is 0.258 e. The van der Waals surface area contributed by atoms with E-state index in [1.54, 1.807) is 0 Å². The number of aryl methyl sites for hydroxylation is 1. The van der Waals surface area contributed by atoms with Crippen LogP contribution in [0.1, 0.15) is 23.6 Å². The fourth-order valence-corrected chi connectivity index (χ4v) is 3.08. The molecular formula is C22H28N2O3. The van der Waals surface area contributed by atoms with E-state index in [1.807, 2.05) is 36.4 Å². The van der Waals surface area contributed by atoms with Gasteiger partial charge in [0, 0.05) is 26.2 Å². The van der Waals surface area contributed by atoms with Crippen molar-refractivity contribution in [2.24, 2.45) is 0 Å². The van der Waals surface area contributed by atoms with Crippen molar-refractivity contribution < 1.29 is 14.3 Å². The predicted octanol–water partition coefficient (Wildman–Crippen LogP) is 2.78. The number of amides is 1. The molecule has 0 aromatic heterocycles. The summed E-state index contributed by atoms with van der Waals surface area (Å²) in [5.74, 6) is 0.600. The van der Waals surface area contributed by atoms with Crippen LogP contribution in [0.25, 0.3) is 0 Å². The Morgan fingerprint density at radius 1 is 1.07 bits per heavy atom. The second-order valence-electron chi connectivity index (χ2n) is 6.77. The van der Waals surface area contributed by atoms with Gasteiger partial charge in [-0.15, -0.1) is 0 Å². The van der Waals surface area contributed by atoms with E-state index in [0.29, 0.717) is 6.54 Å². The predicted molar refractivity (Wildman–Crippen MR) is 106 cm³/mol. The first-order valence-corrected chi connectivity index (χ1v) is 9.59. The van der Waals surface area contributed by atoms with Gasteiger partial charge >= 0.3 is 0 Å². The van der Waals surface area contributed by atoms with Crippen molar-refractivity contribution in [1.82, 2.24) is 10.2 Å². The van der Waals surface area contributed by atoms with Crippen molar-refractivity contribution in [1.29, 1.82) is 0 Å². The third kappa shape index (κ3) is 6.38. The van der Waals surface area contributed by atoms with Crippen molar-refractivity contribution in [2.75, 3.05) is 32.9 Å². The first-order chi connectivity index (χ1) is 13.2. The molecule has 0 atom stereocenters. The average molecular weight is 368 g/mol. The Hall–Kier alpha value is -2.37. The lowest BCUT2D eigenvalue weighted by Crippen LogP contribution is -2.35. The van der Waals surface area contributed by atoms with Crippen molar-refractivity contribution in [3.63, 3.8) is 0 Å². The van der Waals surface area contributed by atoms with E-state index in [-0.39, 0.29) is 12.5 Å². The van der Waals surface area contributed by atoms with Gasteiger partial charge in [-0.1, -0.05) is 43.3 Å². The molecule has 1 heterocycles. The third-order valence-electron chi connectivity index (χ3n) is 4.69. The molecule has 1 aliphatic heterocycles. The number of nitrogens with one attached hydrogen (secondary N) is 1. The number of benzene rings is 2. The molecule has 0 radical (unpaired) electrons. The number of rotatable bonds is 8. The average Bonchev–Trinajstić information content (AvgIpc) is 2.72. The summed E-state index contributed by atoms with van der Waals surface area (Å²) >= 11 is 0. The minimum absolute atomic E-state index is 0.0267. The summed E-state index contributed by atoms with van der Waals surface area (Å²) in [4.78, 5) is 14.4. The van der Waals surface area contributed by atoms with Gasteiger partial charge in [0.2, 0.25) is 0 Å². The van der Waals surface area contributed by atoms with E-state index in [4.69, 9.17) is 9.47 Å². The van der Waals surface area contributed by atoms with E-state index in [0.717, 1.165) is 50.6 Å². The lowest BCUT2D eigenvalue weighted by molar-refractivity contribution is -0.123. The van der Waals surface area contributed by atoms with E-state index >= 15 is 0 Å². The molecule has 1 N–H and O–H groups in total. The standard InChI is InChI=1S/C22H28N2O3/c1-2-18-6-8-21(9-7-18)27-17-22(25)23-15-19-4-3-5-20(14-19)16-24-10-12-26-13-11-24/h3-9,14H,2,10-13,15-17H2,1H3,(H,23,25). The van der Waals surface area contributed by atoms with Crippen LogP contribution in [0.5, 0.6) is 5.75 Å². The first-order valence-electron chi connectivity index (χ1n) is 9.59. The molecule has 1 fully saturated rings. The Balaban J connectivity index is 1.43. The van der Waals surface area contributed by atoms with Crippen LogP contribution in [-0.4, -0.2) is 43.7 Å². The number of carbonyl (C=O) groups excluding carboxylic acids is 1. The molecule has 5 nitrogen and oxygen atoms in total. The lowest BCUT2D eigenvalue weighted by atomic mass is 10.1. The zero-order valence-corrected chi connectivity index (χ0v) is 15.9. The van der Waals surface area contributed by atoms with E-state index in [2.05, 4.69) is 29.3 Å². The number of hydrogen-bond donors (Lipinski definition) is 1. The summed E-state index contributed by atoms with van der Waals surface area (Å²) in [7, 11) is 0. The van der Waals surface area contributed by atoms with Gasteiger partial charge in [-0.3, -0.25) is 9.69 Å². The maximum atomic E-state index is 12.1. The molecule has 1 aliphatic rings. The van der Waals surface area contributed by atoms with Crippen LogP contribution < -0.4 is 10.1 Å². The molecule has 0 spiro atoms. The highest BCUT2D eigenvalue weighted by Gasteiger charge is 2.11. The number of carbonyl (C=O) groups is 1. The molecular weight excluding hydrogens is 340 g/mol. The zero-order valence-electron chi connectivity index (χ0n) is 15.9. The Bertz CT molecular complexity index is 725. The second-order valence-corrected chi connectivity index (χ2v) is 6.77. The molecule has 2 aromatic rings. The molecule has 3 rings (SSSR count). The monoisotopic (exact) mass is 368 g/mol. The highest BCUT2D eigenvalue weighted by atomic mass is 16.5. The van der Waals surface area contributed by atoms with Crippen LogP contribution in [0, 0.1) is 0 Å². The normalized spacial score (nSPS) is 14.7. The summed E-state index contributed by atoms with van der Waals surface area (Å²) in [5.41, 5.74) is 3.61. The van der Waals surface area contributed by atoms with Gasteiger partial charge in [-0.05, 0) is 35.2 Å². The Kier molecular flexibility index (Phi) is 7.25. The van der Waals surface area contributed by atoms with Crippen LogP contribution in [0.4, 0.5) is 0 Å². The minimum Gasteiger partial charge on any atom is -0.484 e. The van der Waals surface area contributed by atoms with Crippen molar-refractivity contribution in [3.05, 3.63) is 65.2 Å². The van der Waals surface area contributed by atoms with Crippen LogP contribution in [0.2, 0.25) is 0 Å². The molecule has 0 saturated carbocycles. The molecule has 1 amide bonds. The minimum atomic E-state index is -0.117. The zero-order chi connectivity index (χ0) is 18.9. The van der Waals surface area contributed by atoms with Crippen LogP contribution in [-0.2, 0) is 29.0 Å². The van der Waals surface area contributed by atoms with Gasteiger partial charge in [0.1, 0.15) is 5.75 Å². The topological polar surface area (TPSA) is 50.8 Å².